The number of carbonyl (C=O) groups excluding carboxylic acids is 5. The van der Waals surface area contributed by atoms with E-state index in [0.717, 1.165) is 0 Å². The van der Waals surface area contributed by atoms with Gasteiger partial charge in [-0.05, 0) is 17.5 Å². The van der Waals surface area contributed by atoms with E-state index in [1.165, 1.54) is 12.1 Å². The van der Waals surface area contributed by atoms with Gasteiger partial charge in [-0.25, -0.2) is 0 Å². The Labute approximate surface area is 164 Å². The van der Waals surface area contributed by atoms with Crippen molar-refractivity contribution in [2.45, 2.75) is 31.0 Å². The van der Waals surface area contributed by atoms with Crippen molar-refractivity contribution in [3.63, 3.8) is 0 Å². The molecule has 3 aliphatic rings. The van der Waals surface area contributed by atoms with E-state index in [0.29, 0.717) is 5.56 Å². The van der Waals surface area contributed by atoms with E-state index in [4.69, 9.17) is 5.73 Å². The molecule has 9 heteroatoms. The van der Waals surface area contributed by atoms with Crippen LogP contribution >= 0.6 is 0 Å². The molecule has 152 valence electrons. The van der Waals surface area contributed by atoms with Gasteiger partial charge in [0, 0.05) is 18.3 Å². The Bertz CT molecular complexity index is 1000. The van der Waals surface area contributed by atoms with Crippen molar-refractivity contribution in [1.82, 2.24) is 0 Å². The van der Waals surface area contributed by atoms with E-state index in [1.54, 1.807) is 13.0 Å². The van der Waals surface area contributed by atoms with Crippen LogP contribution in [0.4, 0.5) is 0 Å². The van der Waals surface area contributed by atoms with Crippen LogP contribution in [0.5, 0.6) is 5.75 Å². The molecule has 0 heterocycles. The highest BCUT2D eigenvalue weighted by atomic mass is 16.3. The van der Waals surface area contributed by atoms with Crippen molar-refractivity contribution in [2.24, 2.45) is 29.4 Å². The largest absolute Gasteiger partial charge is 0.507 e. The number of Topliss-reactive ketones (excluding diaryl/α,β-unsaturated/α-hetero) is 4. The molecular weight excluding hydrogens is 382 g/mol. The molecule has 1 amide bonds. The maximum absolute atomic E-state index is 13.3. The zero-order chi connectivity index (χ0) is 21.4. The fourth-order valence-corrected chi connectivity index (χ4v) is 5.32. The van der Waals surface area contributed by atoms with Gasteiger partial charge >= 0.3 is 0 Å². The van der Waals surface area contributed by atoms with E-state index in [2.05, 4.69) is 0 Å². The van der Waals surface area contributed by atoms with Crippen LogP contribution in [0.3, 0.4) is 0 Å². The third kappa shape index (κ3) is 2.25. The average molecular weight is 401 g/mol. The summed E-state index contributed by atoms with van der Waals surface area (Å²) in [5.41, 5.74) is 2.55. The van der Waals surface area contributed by atoms with Gasteiger partial charge in [0.15, 0.2) is 34.7 Å². The number of phenols is 1. The minimum Gasteiger partial charge on any atom is -0.507 e. The number of amides is 1. The van der Waals surface area contributed by atoms with Crippen molar-refractivity contribution in [1.29, 1.82) is 0 Å². The minimum absolute atomic E-state index is 0.102. The Balaban J connectivity index is 1.90. The lowest BCUT2D eigenvalue weighted by atomic mass is 9.50. The number of phenolic OH excluding ortho intramolecular Hbond substituents is 1. The molecule has 5 N–H and O–H groups in total. The van der Waals surface area contributed by atoms with Gasteiger partial charge in [0.2, 0.25) is 5.91 Å². The van der Waals surface area contributed by atoms with E-state index >= 15 is 0 Å². The van der Waals surface area contributed by atoms with Crippen molar-refractivity contribution in [2.75, 3.05) is 0 Å². The molecule has 2 saturated carbocycles. The van der Waals surface area contributed by atoms with Crippen LogP contribution < -0.4 is 5.73 Å². The second-order valence-corrected chi connectivity index (χ2v) is 8.05. The van der Waals surface area contributed by atoms with Crippen molar-refractivity contribution in [3.8, 4) is 5.75 Å². The highest BCUT2D eigenvalue weighted by molar-refractivity contribution is 6.31. The van der Waals surface area contributed by atoms with Crippen molar-refractivity contribution >= 4 is 29.0 Å². The van der Waals surface area contributed by atoms with Crippen LogP contribution in [0.15, 0.2) is 18.2 Å². The Morgan fingerprint density at radius 2 is 1.83 bits per heavy atom. The number of rotatable bonds is 1. The Morgan fingerprint density at radius 3 is 2.45 bits per heavy atom. The smallest absolute Gasteiger partial charge is 0.235 e. The van der Waals surface area contributed by atoms with Crippen LogP contribution in [0.1, 0.15) is 35.2 Å². The van der Waals surface area contributed by atoms with Crippen LogP contribution in [-0.2, 0) is 19.2 Å². The molecule has 0 spiro atoms. The van der Waals surface area contributed by atoms with E-state index in [-0.39, 0.29) is 11.3 Å². The first-order valence-electron chi connectivity index (χ1n) is 9.20. The Hall–Kier alpha value is -2.91. The van der Waals surface area contributed by atoms with Crippen LogP contribution in [0.2, 0.25) is 0 Å². The standard InChI is InChI=1S/C20H19NO8/c1-6-7-3-2-4-9(22)12(7)16(25)14-11(6)15(24)8-5-10(23)13(19(21)28)17(26)20(8,29)18(14)27/h2-4,6,8,11,13-15,22,24,29H,5H2,1H3,(H2,21,28)/t6-,8?,11?,13?,14?,15-,20-/m1/s1. The lowest BCUT2D eigenvalue weighted by molar-refractivity contribution is -0.189. The third-order valence-corrected chi connectivity index (χ3v) is 6.72. The summed E-state index contributed by atoms with van der Waals surface area (Å²) < 4.78 is 0. The maximum atomic E-state index is 13.3. The van der Waals surface area contributed by atoms with E-state index in [1.807, 2.05) is 0 Å². The van der Waals surface area contributed by atoms with Crippen molar-refractivity contribution < 1.29 is 39.3 Å². The third-order valence-electron chi connectivity index (χ3n) is 6.72. The lowest BCUT2D eigenvalue weighted by Gasteiger charge is -2.52. The predicted octanol–water partition coefficient (Wildman–Crippen LogP) is -1.14. The molecule has 0 aliphatic heterocycles. The summed E-state index contributed by atoms with van der Waals surface area (Å²) in [6.45, 7) is 1.65. The summed E-state index contributed by atoms with van der Waals surface area (Å²) in [6.07, 6.45) is -2.14. The van der Waals surface area contributed by atoms with Gasteiger partial charge < -0.3 is 21.1 Å². The molecule has 3 aliphatic carbocycles. The second-order valence-electron chi connectivity index (χ2n) is 8.05. The number of hydrogen-bond acceptors (Lipinski definition) is 8. The molecular formula is C20H19NO8. The number of aromatic hydroxyl groups is 1. The summed E-state index contributed by atoms with van der Waals surface area (Å²) in [7, 11) is 0. The van der Waals surface area contributed by atoms with Gasteiger partial charge in [0.1, 0.15) is 5.75 Å². The lowest BCUT2D eigenvalue weighted by Crippen LogP contribution is -2.72. The molecule has 0 aromatic heterocycles. The minimum atomic E-state index is -2.88. The summed E-state index contributed by atoms with van der Waals surface area (Å²) in [4.78, 5) is 63.1. The number of carbonyl (C=O) groups is 5. The van der Waals surface area contributed by atoms with Gasteiger partial charge in [0.25, 0.3) is 0 Å². The summed E-state index contributed by atoms with van der Waals surface area (Å²) in [5, 5.41) is 32.2. The number of fused-ring (bicyclic) bond motifs is 3. The number of aliphatic hydroxyl groups excluding tert-OH is 1. The van der Waals surface area contributed by atoms with Gasteiger partial charge in [-0.15, -0.1) is 0 Å². The highest BCUT2D eigenvalue weighted by Crippen LogP contribution is 2.53. The number of hydrogen-bond donors (Lipinski definition) is 4. The SMILES string of the molecule is C[C@@H]1c2cccc(O)c2C(=O)C2C(=O)[C@]3(O)C(=O)C(C(N)=O)C(=O)CC3[C@@H](O)C21. The summed E-state index contributed by atoms with van der Waals surface area (Å²) in [6, 6.07) is 4.39. The van der Waals surface area contributed by atoms with Gasteiger partial charge in [-0.2, -0.15) is 0 Å². The number of nitrogens with two attached hydrogens (primary N) is 1. The monoisotopic (exact) mass is 401 g/mol. The molecule has 2 fully saturated rings. The highest BCUT2D eigenvalue weighted by Gasteiger charge is 2.69. The first-order chi connectivity index (χ1) is 13.5. The fraction of sp³-hybridized carbons (Fsp3) is 0.450. The molecule has 0 radical (unpaired) electrons. The first-order valence-corrected chi connectivity index (χ1v) is 9.20. The molecule has 9 nitrogen and oxygen atoms in total. The first kappa shape index (κ1) is 19.4. The zero-order valence-corrected chi connectivity index (χ0v) is 15.4. The number of primary amides is 1. The number of aliphatic hydroxyl groups is 2. The molecule has 29 heavy (non-hydrogen) atoms. The summed E-state index contributed by atoms with van der Waals surface area (Å²) in [5.74, 6) is -12.6. The normalized spacial score (nSPS) is 38.9. The average Bonchev–Trinajstić information content (AvgIpc) is 2.65. The van der Waals surface area contributed by atoms with Crippen LogP contribution in [0, 0.1) is 23.7 Å². The topological polar surface area (TPSA) is 172 Å². The maximum Gasteiger partial charge on any atom is 0.235 e. The van der Waals surface area contributed by atoms with E-state index in [9.17, 15) is 39.3 Å². The predicted molar refractivity (Wildman–Crippen MR) is 94.6 cm³/mol. The number of benzene rings is 1. The van der Waals surface area contributed by atoms with Crippen molar-refractivity contribution in [3.05, 3.63) is 29.3 Å². The molecule has 7 atom stereocenters. The van der Waals surface area contributed by atoms with Gasteiger partial charge in [-0.1, -0.05) is 19.1 Å². The van der Waals surface area contributed by atoms with Crippen LogP contribution in [-0.4, -0.2) is 56.1 Å². The molecule has 4 unspecified atom stereocenters. The molecule has 1 aromatic carbocycles. The quantitative estimate of drug-likeness (QED) is 0.427. The second kappa shape index (κ2) is 6.04. The molecule has 0 bridgehead atoms. The summed E-state index contributed by atoms with van der Waals surface area (Å²) >= 11 is 0. The molecule has 4 rings (SSSR count). The van der Waals surface area contributed by atoms with E-state index < -0.39 is 76.8 Å². The van der Waals surface area contributed by atoms with Gasteiger partial charge in [0.05, 0.1) is 17.6 Å². The Kier molecular flexibility index (Phi) is 4.04. The number of ketones is 4. The molecule has 1 aromatic rings. The molecule has 0 saturated heterocycles. The Morgan fingerprint density at radius 1 is 1.17 bits per heavy atom. The van der Waals surface area contributed by atoms with Gasteiger partial charge in [-0.3, -0.25) is 24.0 Å². The zero-order valence-electron chi connectivity index (χ0n) is 15.4. The van der Waals surface area contributed by atoms with Crippen LogP contribution in [0.25, 0.3) is 0 Å². The fourth-order valence-electron chi connectivity index (χ4n) is 5.32.